The number of amides is 2. The summed E-state index contributed by atoms with van der Waals surface area (Å²) in [5.41, 5.74) is -0.650. The summed E-state index contributed by atoms with van der Waals surface area (Å²) in [6.45, 7) is 2.74. The van der Waals surface area contributed by atoms with Gasteiger partial charge in [-0.3, -0.25) is 19.7 Å². The van der Waals surface area contributed by atoms with E-state index >= 15 is 0 Å². The van der Waals surface area contributed by atoms with E-state index in [9.17, 15) is 24.1 Å². The predicted octanol–water partition coefficient (Wildman–Crippen LogP) is 1.04. The maximum Gasteiger partial charge on any atom is 0.270 e. The number of non-ortho nitro benzene ring substituents is 1. The number of rotatable bonds is 2. The van der Waals surface area contributed by atoms with Crippen LogP contribution in [0.3, 0.4) is 0 Å². The van der Waals surface area contributed by atoms with E-state index in [4.69, 9.17) is 0 Å². The van der Waals surface area contributed by atoms with E-state index in [1.165, 1.54) is 11.8 Å². The maximum atomic E-state index is 13.7. The molecule has 2 amide bonds. The molecule has 21 heavy (non-hydrogen) atoms. The van der Waals surface area contributed by atoms with Crippen molar-refractivity contribution in [2.75, 3.05) is 26.2 Å². The van der Waals surface area contributed by atoms with Gasteiger partial charge in [-0.15, -0.1) is 0 Å². The van der Waals surface area contributed by atoms with Crippen LogP contribution in [0.5, 0.6) is 0 Å². The Morgan fingerprint density at radius 3 is 2.29 bits per heavy atom. The highest BCUT2D eigenvalue weighted by molar-refractivity contribution is 5.95. The van der Waals surface area contributed by atoms with Crippen LogP contribution >= 0.6 is 0 Å². The van der Waals surface area contributed by atoms with Gasteiger partial charge in [0.1, 0.15) is 5.82 Å². The Hall–Kier alpha value is -2.51. The summed E-state index contributed by atoms with van der Waals surface area (Å²) in [6, 6.07) is 2.87. The van der Waals surface area contributed by atoms with Crippen LogP contribution in [0, 0.1) is 15.9 Å². The lowest BCUT2D eigenvalue weighted by atomic mass is 10.1. The predicted molar refractivity (Wildman–Crippen MR) is 71.2 cm³/mol. The Balaban J connectivity index is 2.16. The quantitative estimate of drug-likeness (QED) is 0.603. The van der Waals surface area contributed by atoms with E-state index in [1.54, 1.807) is 4.90 Å². The molecule has 0 radical (unpaired) electrons. The van der Waals surface area contributed by atoms with E-state index in [0.29, 0.717) is 13.1 Å². The van der Waals surface area contributed by atoms with Gasteiger partial charge in [0.25, 0.3) is 11.6 Å². The topological polar surface area (TPSA) is 83.8 Å². The molecular formula is C13H14FN3O4. The molecule has 2 rings (SSSR count). The minimum Gasteiger partial charge on any atom is -0.339 e. The van der Waals surface area contributed by atoms with Gasteiger partial charge in [0.15, 0.2) is 0 Å². The molecule has 0 spiro atoms. The van der Waals surface area contributed by atoms with Crippen LogP contribution in [0.4, 0.5) is 10.1 Å². The average molecular weight is 295 g/mol. The molecule has 1 aromatic carbocycles. The number of nitro groups is 1. The maximum absolute atomic E-state index is 13.7. The summed E-state index contributed by atoms with van der Waals surface area (Å²) in [7, 11) is 0. The first-order valence-corrected chi connectivity index (χ1v) is 6.39. The molecule has 112 valence electrons. The van der Waals surface area contributed by atoms with Crippen molar-refractivity contribution in [3.05, 3.63) is 39.7 Å². The van der Waals surface area contributed by atoms with Crippen molar-refractivity contribution in [1.29, 1.82) is 0 Å². The van der Waals surface area contributed by atoms with Crippen LogP contribution in [0.25, 0.3) is 0 Å². The molecule has 0 saturated carbocycles. The van der Waals surface area contributed by atoms with Crippen LogP contribution in [-0.4, -0.2) is 52.7 Å². The van der Waals surface area contributed by atoms with Crippen molar-refractivity contribution in [2.45, 2.75) is 6.92 Å². The normalized spacial score (nSPS) is 15.0. The lowest BCUT2D eigenvalue weighted by Gasteiger charge is -2.34. The minimum absolute atomic E-state index is 0.0800. The smallest absolute Gasteiger partial charge is 0.270 e. The standard InChI is InChI=1S/C13H14FN3O4/c1-9(18)15-4-6-16(7-5-15)13(19)11-8-10(17(20)21)2-3-12(11)14/h2-3,8H,4-7H2,1H3. The summed E-state index contributed by atoms with van der Waals surface area (Å²) in [5.74, 6) is -1.47. The molecule has 0 bridgehead atoms. The summed E-state index contributed by atoms with van der Waals surface area (Å²) in [4.78, 5) is 36.4. The van der Waals surface area contributed by atoms with Crippen molar-refractivity contribution >= 4 is 17.5 Å². The summed E-state index contributed by atoms with van der Waals surface area (Å²) in [5, 5.41) is 10.7. The van der Waals surface area contributed by atoms with Crippen LogP contribution in [-0.2, 0) is 4.79 Å². The zero-order chi connectivity index (χ0) is 15.6. The number of hydrogen-bond donors (Lipinski definition) is 0. The molecule has 1 aliphatic rings. The summed E-state index contributed by atoms with van der Waals surface area (Å²) < 4.78 is 13.7. The first-order valence-electron chi connectivity index (χ1n) is 6.39. The second-order valence-corrected chi connectivity index (χ2v) is 4.72. The zero-order valence-electron chi connectivity index (χ0n) is 11.4. The van der Waals surface area contributed by atoms with Gasteiger partial charge in [-0.2, -0.15) is 0 Å². The third kappa shape index (κ3) is 3.15. The van der Waals surface area contributed by atoms with Crippen LogP contribution in [0.1, 0.15) is 17.3 Å². The number of benzene rings is 1. The number of carbonyl (C=O) groups excluding carboxylic acids is 2. The first-order chi connectivity index (χ1) is 9.90. The Morgan fingerprint density at radius 2 is 1.76 bits per heavy atom. The van der Waals surface area contributed by atoms with Crippen molar-refractivity contribution in [2.24, 2.45) is 0 Å². The Morgan fingerprint density at radius 1 is 1.19 bits per heavy atom. The first kappa shape index (κ1) is 14.9. The second kappa shape index (κ2) is 5.86. The molecule has 0 N–H and O–H groups in total. The fourth-order valence-corrected chi connectivity index (χ4v) is 2.19. The van der Waals surface area contributed by atoms with Gasteiger partial charge in [-0.1, -0.05) is 0 Å². The molecule has 0 aliphatic carbocycles. The van der Waals surface area contributed by atoms with Crippen molar-refractivity contribution < 1.29 is 18.9 Å². The van der Waals surface area contributed by atoms with E-state index in [2.05, 4.69) is 0 Å². The van der Waals surface area contributed by atoms with E-state index in [0.717, 1.165) is 18.2 Å². The fourth-order valence-electron chi connectivity index (χ4n) is 2.19. The van der Waals surface area contributed by atoms with Gasteiger partial charge in [0.2, 0.25) is 5.91 Å². The van der Waals surface area contributed by atoms with Gasteiger partial charge >= 0.3 is 0 Å². The lowest BCUT2D eigenvalue weighted by molar-refractivity contribution is -0.384. The monoisotopic (exact) mass is 295 g/mol. The largest absolute Gasteiger partial charge is 0.339 e. The number of hydrogen-bond acceptors (Lipinski definition) is 4. The van der Waals surface area contributed by atoms with Gasteiger partial charge in [0.05, 0.1) is 10.5 Å². The molecule has 0 unspecified atom stereocenters. The molecule has 0 atom stereocenters. The molecule has 1 heterocycles. The third-order valence-corrected chi connectivity index (χ3v) is 3.40. The second-order valence-electron chi connectivity index (χ2n) is 4.72. The highest BCUT2D eigenvalue weighted by Gasteiger charge is 2.26. The molecule has 1 aromatic rings. The average Bonchev–Trinajstić information content (AvgIpc) is 2.47. The summed E-state index contributed by atoms with van der Waals surface area (Å²) in [6.07, 6.45) is 0. The Bertz CT molecular complexity index is 597. The highest BCUT2D eigenvalue weighted by Crippen LogP contribution is 2.19. The molecular weight excluding hydrogens is 281 g/mol. The molecule has 1 aliphatic heterocycles. The van der Waals surface area contributed by atoms with Crippen molar-refractivity contribution in [1.82, 2.24) is 9.80 Å². The Labute approximate surface area is 120 Å². The molecule has 7 nitrogen and oxygen atoms in total. The SMILES string of the molecule is CC(=O)N1CCN(C(=O)c2cc([N+](=O)[O-])ccc2F)CC1. The fraction of sp³-hybridized carbons (Fsp3) is 0.385. The summed E-state index contributed by atoms with van der Waals surface area (Å²) >= 11 is 0. The van der Waals surface area contributed by atoms with Gasteiger partial charge in [-0.05, 0) is 6.07 Å². The van der Waals surface area contributed by atoms with Gasteiger partial charge in [-0.25, -0.2) is 4.39 Å². The van der Waals surface area contributed by atoms with Gasteiger partial charge in [0, 0.05) is 45.2 Å². The highest BCUT2D eigenvalue weighted by atomic mass is 19.1. The molecule has 8 heteroatoms. The third-order valence-electron chi connectivity index (χ3n) is 3.40. The van der Waals surface area contributed by atoms with Crippen LogP contribution in [0.15, 0.2) is 18.2 Å². The van der Waals surface area contributed by atoms with E-state index in [-0.39, 0.29) is 30.2 Å². The zero-order valence-corrected chi connectivity index (χ0v) is 11.4. The number of nitro benzene ring substituents is 1. The lowest BCUT2D eigenvalue weighted by Crippen LogP contribution is -2.50. The molecule has 0 aromatic heterocycles. The number of carbonyl (C=O) groups is 2. The number of piperazine rings is 1. The van der Waals surface area contributed by atoms with E-state index in [1.807, 2.05) is 0 Å². The number of halogens is 1. The molecule has 1 saturated heterocycles. The van der Waals surface area contributed by atoms with Crippen LogP contribution < -0.4 is 0 Å². The van der Waals surface area contributed by atoms with Crippen molar-refractivity contribution in [3.8, 4) is 0 Å². The van der Waals surface area contributed by atoms with E-state index < -0.39 is 16.6 Å². The Kier molecular flexibility index (Phi) is 4.15. The number of nitrogens with zero attached hydrogens (tertiary/aromatic N) is 3. The van der Waals surface area contributed by atoms with Crippen LogP contribution in [0.2, 0.25) is 0 Å². The van der Waals surface area contributed by atoms with Crippen molar-refractivity contribution in [3.63, 3.8) is 0 Å². The molecule has 1 fully saturated rings. The van der Waals surface area contributed by atoms with Gasteiger partial charge < -0.3 is 9.80 Å². The minimum atomic E-state index is -0.792.